The van der Waals surface area contributed by atoms with E-state index in [0.717, 1.165) is 25.3 Å². The highest BCUT2D eigenvalue weighted by atomic mass is 16.4. The van der Waals surface area contributed by atoms with Gasteiger partial charge in [0.25, 0.3) is 5.97 Å². The Hall–Kier alpha value is -1.05. The van der Waals surface area contributed by atoms with Crippen LogP contribution in [-0.2, 0) is 4.79 Å². The third-order valence-corrected chi connectivity index (χ3v) is 1.25. The number of rotatable bonds is 3. The molecule has 3 heteroatoms. The number of hydrogen-bond acceptors (Lipinski definition) is 2. The molecular formula is C11H20O3. The molecule has 14 heavy (non-hydrogen) atoms. The van der Waals surface area contributed by atoms with Crippen molar-refractivity contribution in [1.82, 2.24) is 0 Å². The van der Waals surface area contributed by atoms with Gasteiger partial charge in [-0.2, -0.15) is 0 Å². The smallest absolute Gasteiger partial charge is 0.300 e. The van der Waals surface area contributed by atoms with E-state index in [1.165, 1.54) is 0 Å². The average molecular weight is 200 g/mol. The number of carboxylic acids is 1. The zero-order valence-electron chi connectivity index (χ0n) is 9.37. The van der Waals surface area contributed by atoms with Crippen LogP contribution in [0.3, 0.4) is 0 Å². The van der Waals surface area contributed by atoms with Crippen LogP contribution in [0.1, 0.15) is 40.5 Å². The van der Waals surface area contributed by atoms with Gasteiger partial charge in [-0.15, -0.1) is 5.73 Å². The van der Waals surface area contributed by atoms with Gasteiger partial charge in [0.1, 0.15) is 0 Å². The number of aliphatic hydroxyl groups is 1. The lowest BCUT2D eigenvalue weighted by atomic mass is 10.2. The number of carbonyl (C=O) groups is 1. The first kappa shape index (κ1) is 15.4. The van der Waals surface area contributed by atoms with E-state index in [-0.39, 0.29) is 6.10 Å². The molecule has 82 valence electrons. The van der Waals surface area contributed by atoms with Crippen molar-refractivity contribution in [2.24, 2.45) is 0 Å². The van der Waals surface area contributed by atoms with Crippen molar-refractivity contribution in [2.45, 2.75) is 46.6 Å². The minimum Gasteiger partial charge on any atom is -0.481 e. The summed E-state index contributed by atoms with van der Waals surface area (Å²) in [5.74, 6) is -0.833. The normalized spacial score (nSPS) is 10.4. The molecule has 0 unspecified atom stereocenters. The number of aliphatic hydroxyl groups excluding tert-OH is 1. The van der Waals surface area contributed by atoms with Gasteiger partial charge in [0.15, 0.2) is 0 Å². The van der Waals surface area contributed by atoms with Gasteiger partial charge < -0.3 is 10.2 Å². The highest BCUT2D eigenvalue weighted by molar-refractivity contribution is 5.62. The molecule has 0 aromatic rings. The van der Waals surface area contributed by atoms with E-state index in [1.54, 1.807) is 0 Å². The second kappa shape index (κ2) is 10.0. The molecule has 0 saturated heterocycles. The zero-order valence-corrected chi connectivity index (χ0v) is 9.37. The Morgan fingerprint density at radius 1 is 1.43 bits per heavy atom. The second-order valence-corrected chi connectivity index (χ2v) is 3.17. The van der Waals surface area contributed by atoms with Crippen LogP contribution in [0.15, 0.2) is 17.4 Å². The van der Waals surface area contributed by atoms with E-state index < -0.39 is 5.97 Å². The van der Waals surface area contributed by atoms with E-state index in [0.29, 0.717) is 0 Å². The summed E-state index contributed by atoms with van der Waals surface area (Å²) < 4.78 is 0. The Morgan fingerprint density at radius 2 is 1.86 bits per heavy atom. The Bertz CT molecular complexity index is 205. The first-order valence-electron chi connectivity index (χ1n) is 4.66. The maximum absolute atomic E-state index is 9.09. The first-order chi connectivity index (χ1) is 6.40. The Balaban J connectivity index is 0. The predicted molar refractivity (Wildman–Crippen MR) is 57.2 cm³/mol. The third kappa shape index (κ3) is 22.4. The molecule has 0 bridgehead atoms. The zero-order chi connectivity index (χ0) is 11.6. The molecule has 3 nitrogen and oxygen atoms in total. The Morgan fingerprint density at radius 3 is 2.14 bits per heavy atom. The molecule has 0 aliphatic carbocycles. The van der Waals surface area contributed by atoms with Crippen LogP contribution in [-0.4, -0.2) is 22.3 Å². The standard InChI is InChI=1S/C9H16O.C2H4O2/c1-4-9(10)7-5-6-8(2)3;1-2(3)4/h5,9-10H,4,7H2,1-3H3;1H3,(H,3,4)/t9-;/m1./s1. The molecule has 0 aromatic carbocycles. The van der Waals surface area contributed by atoms with Gasteiger partial charge >= 0.3 is 0 Å². The summed E-state index contributed by atoms with van der Waals surface area (Å²) in [7, 11) is 0. The largest absolute Gasteiger partial charge is 0.481 e. The fourth-order valence-electron chi connectivity index (χ4n) is 0.566. The molecule has 0 fully saturated rings. The summed E-state index contributed by atoms with van der Waals surface area (Å²) >= 11 is 0. The van der Waals surface area contributed by atoms with Gasteiger partial charge in [-0.1, -0.05) is 6.92 Å². The third-order valence-electron chi connectivity index (χ3n) is 1.25. The molecule has 2 N–H and O–H groups in total. The molecule has 0 heterocycles. The topological polar surface area (TPSA) is 57.5 Å². The van der Waals surface area contributed by atoms with Crippen LogP contribution in [0.2, 0.25) is 0 Å². The van der Waals surface area contributed by atoms with Crippen LogP contribution in [0.25, 0.3) is 0 Å². The summed E-state index contributed by atoms with van der Waals surface area (Å²) in [5, 5.41) is 16.5. The van der Waals surface area contributed by atoms with Crippen LogP contribution in [0.5, 0.6) is 0 Å². The highest BCUT2D eigenvalue weighted by Gasteiger charge is 1.93. The average Bonchev–Trinajstić information content (AvgIpc) is 2.02. The van der Waals surface area contributed by atoms with E-state index >= 15 is 0 Å². The van der Waals surface area contributed by atoms with Gasteiger partial charge in [-0.3, -0.25) is 4.79 Å². The van der Waals surface area contributed by atoms with Gasteiger partial charge in [-0.05, 0) is 38.3 Å². The van der Waals surface area contributed by atoms with E-state index in [1.807, 2.05) is 26.8 Å². The minimum atomic E-state index is -0.833. The molecule has 0 radical (unpaired) electrons. The van der Waals surface area contributed by atoms with E-state index in [4.69, 9.17) is 15.0 Å². The van der Waals surface area contributed by atoms with Gasteiger partial charge in [0, 0.05) is 6.92 Å². The van der Waals surface area contributed by atoms with Crippen LogP contribution < -0.4 is 0 Å². The Kier molecular flexibility index (Phi) is 11.1. The number of hydrogen-bond donors (Lipinski definition) is 2. The lowest BCUT2D eigenvalue weighted by Crippen LogP contribution is -2.00. The number of carboxylic acid groups (broad SMARTS) is 1. The van der Waals surface area contributed by atoms with Gasteiger partial charge in [0.05, 0.1) is 6.10 Å². The molecule has 0 aromatic heterocycles. The lowest BCUT2D eigenvalue weighted by molar-refractivity contribution is -0.134. The van der Waals surface area contributed by atoms with Gasteiger partial charge in [0.2, 0.25) is 0 Å². The van der Waals surface area contributed by atoms with E-state index in [2.05, 4.69) is 5.73 Å². The summed E-state index contributed by atoms with van der Waals surface area (Å²) in [4.78, 5) is 9.00. The fraction of sp³-hybridized carbons (Fsp3) is 0.636. The molecule has 0 rings (SSSR count). The molecule has 0 aliphatic heterocycles. The molecule has 0 saturated carbocycles. The van der Waals surface area contributed by atoms with Crippen molar-refractivity contribution >= 4 is 5.97 Å². The highest BCUT2D eigenvalue weighted by Crippen LogP contribution is 1.97. The first-order valence-corrected chi connectivity index (χ1v) is 4.66. The van der Waals surface area contributed by atoms with Crippen molar-refractivity contribution in [1.29, 1.82) is 0 Å². The lowest BCUT2D eigenvalue weighted by Gasteiger charge is -1.99. The molecule has 0 amide bonds. The molecule has 1 atom stereocenters. The van der Waals surface area contributed by atoms with Crippen molar-refractivity contribution in [3.8, 4) is 0 Å². The number of aliphatic carboxylic acids is 1. The predicted octanol–water partition coefficient (Wildman–Crippen LogP) is 2.36. The second-order valence-electron chi connectivity index (χ2n) is 3.17. The van der Waals surface area contributed by atoms with Crippen molar-refractivity contribution in [3.05, 3.63) is 17.4 Å². The molecule has 0 aliphatic rings. The van der Waals surface area contributed by atoms with Crippen LogP contribution in [0.4, 0.5) is 0 Å². The monoisotopic (exact) mass is 200 g/mol. The maximum Gasteiger partial charge on any atom is 0.300 e. The van der Waals surface area contributed by atoms with Crippen molar-refractivity contribution in [2.75, 3.05) is 0 Å². The molecular weight excluding hydrogens is 180 g/mol. The SMILES string of the molecule is CC(=O)O.CC[C@@H](O)CC=C=C(C)C. The quantitative estimate of drug-likeness (QED) is 0.687. The fourth-order valence-corrected chi connectivity index (χ4v) is 0.566. The van der Waals surface area contributed by atoms with Gasteiger partial charge in [-0.25, -0.2) is 0 Å². The maximum atomic E-state index is 9.09. The van der Waals surface area contributed by atoms with Crippen molar-refractivity contribution in [3.63, 3.8) is 0 Å². The summed E-state index contributed by atoms with van der Waals surface area (Å²) in [6, 6.07) is 0. The summed E-state index contributed by atoms with van der Waals surface area (Å²) in [5.41, 5.74) is 4.20. The van der Waals surface area contributed by atoms with E-state index in [9.17, 15) is 0 Å². The van der Waals surface area contributed by atoms with Crippen molar-refractivity contribution < 1.29 is 15.0 Å². The van der Waals surface area contributed by atoms with Crippen LogP contribution in [0, 0.1) is 0 Å². The Labute approximate surface area is 85.8 Å². The minimum absolute atomic E-state index is 0.188. The molecule has 0 spiro atoms. The summed E-state index contributed by atoms with van der Waals surface area (Å²) in [6.45, 7) is 7.05. The summed E-state index contributed by atoms with van der Waals surface area (Å²) in [6.07, 6.45) is 3.25. The van der Waals surface area contributed by atoms with Crippen LogP contribution >= 0.6 is 0 Å².